The van der Waals surface area contributed by atoms with Crippen LogP contribution >= 0.6 is 0 Å². The van der Waals surface area contributed by atoms with Crippen molar-refractivity contribution in [3.05, 3.63) is 114 Å². The fourth-order valence-electron chi connectivity index (χ4n) is 3.60. The second-order valence-corrected chi connectivity index (χ2v) is 10.3. The summed E-state index contributed by atoms with van der Waals surface area (Å²) >= 11 is 0. The first-order valence-corrected chi connectivity index (χ1v) is 13.0. The number of sulfonamides is 1. The highest BCUT2D eigenvalue weighted by Gasteiger charge is 2.27. The molecule has 0 aromatic heterocycles. The van der Waals surface area contributed by atoms with Gasteiger partial charge in [0.1, 0.15) is 18.0 Å². The minimum atomic E-state index is -4.07. The maximum atomic E-state index is 13.6. The van der Waals surface area contributed by atoms with Crippen LogP contribution in [0, 0.1) is 6.92 Å². The van der Waals surface area contributed by atoms with E-state index in [1.807, 2.05) is 37.3 Å². The Morgan fingerprint density at radius 2 is 1.46 bits per heavy atom. The number of para-hydroxylation sites is 1. The molecule has 4 aromatic carbocycles. The van der Waals surface area contributed by atoms with Gasteiger partial charge in [-0.3, -0.25) is 13.9 Å². The van der Waals surface area contributed by atoms with Crippen LogP contribution < -0.4 is 14.4 Å². The number of ketones is 1. The van der Waals surface area contributed by atoms with Crippen LogP contribution in [0.4, 0.5) is 11.4 Å². The highest BCUT2D eigenvalue weighted by molar-refractivity contribution is 7.92. The van der Waals surface area contributed by atoms with E-state index >= 15 is 0 Å². The minimum absolute atomic E-state index is 0.0640. The van der Waals surface area contributed by atoms with Gasteiger partial charge in [0.05, 0.1) is 10.6 Å². The molecule has 4 rings (SSSR count). The first kappa shape index (κ1) is 25.7. The molecule has 0 aliphatic carbocycles. The summed E-state index contributed by atoms with van der Waals surface area (Å²) in [6, 6.07) is 28.6. The number of nitrogens with zero attached hydrogens (tertiary/aromatic N) is 1. The van der Waals surface area contributed by atoms with E-state index in [0.29, 0.717) is 28.4 Å². The van der Waals surface area contributed by atoms with Crippen molar-refractivity contribution in [1.29, 1.82) is 0 Å². The maximum Gasteiger partial charge on any atom is 0.264 e. The summed E-state index contributed by atoms with van der Waals surface area (Å²) in [6.45, 7) is 2.82. The number of carbonyl (C=O) groups is 2. The van der Waals surface area contributed by atoms with Gasteiger partial charge in [0.25, 0.3) is 10.0 Å². The van der Waals surface area contributed by atoms with Crippen LogP contribution in [0.5, 0.6) is 11.5 Å². The van der Waals surface area contributed by atoms with Crippen molar-refractivity contribution in [2.45, 2.75) is 18.7 Å². The van der Waals surface area contributed by atoms with Crippen molar-refractivity contribution >= 4 is 33.1 Å². The number of anilines is 2. The SMILES string of the molecule is CC(=O)c1cccc(NC(=O)CN(c2ccc(Oc3ccccc3)cc2)S(=O)(=O)c2ccc(C)cc2)c1. The summed E-state index contributed by atoms with van der Waals surface area (Å²) in [5, 5.41) is 2.69. The number of hydrogen-bond donors (Lipinski definition) is 1. The van der Waals surface area contributed by atoms with E-state index < -0.39 is 22.5 Å². The van der Waals surface area contributed by atoms with Gasteiger partial charge in [-0.15, -0.1) is 0 Å². The van der Waals surface area contributed by atoms with Crippen molar-refractivity contribution in [3.8, 4) is 11.5 Å². The van der Waals surface area contributed by atoms with E-state index in [9.17, 15) is 18.0 Å². The molecule has 0 fully saturated rings. The Morgan fingerprint density at radius 1 is 0.811 bits per heavy atom. The third-order valence-electron chi connectivity index (χ3n) is 5.55. The third kappa shape index (κ3) is 6.42. The van der Waals surface area contributed by atoms with E-state index in [2.05, 4.69) is 5.32 Å². The number of rotatable bonds is 9. The van der Waals surface area contributed by atoms with Crippen LogP contribution in [0.2, 0.25) is 0 Å². The lowest BCUT2D eigenvalue weighted by Crippen LogP contribution is -2.38. The number of nitrogens with one attached hydrogen (secondary N) is 1. The Hall–Kier alpha value is -4.43. The van der Waals surface area contributed by atoms with E-state index in [4.69, 9.17) is 4.74 Å². The molecule has 188 valence electrons. The molecule has 7 nitrogen and oxygen atoms in total. The zero-order valence-electron chi connectivity index (χ0n) is 20.4. The molecular weight excluding hydrogens is 488 g/mol. The second-order valence-electron chi connectivity index (χ2n) is 8.42. The van der Waals surface area contributed by atoms with Gasteiger partial charge in [-0.05, 0) is 74.5 Å². The van der Waals surface area contributed by atoms with Crippen molar-refractivity contribution in [3.63, 3.8) is 0 Å². The topological polar surface area (TPSA) is 92.8 Å². The largest absolute Gasteiger partial charge is 0.457 e. The van der Waals surface area contributed by atoms with Crippen LogP contribution in [-0.4, -0.2) is 26.7 Å². The van der Waals surface area contributed by atoms with Gasteiger partial charge in [-0.1, -0.05) is 48.0 Å². The van der Waals surface area contributed by atoms with Crippen molar-refractivity contribution in [2.24, 2.45) is 0 Å². The van der Waals surface area contributed by atoms with Gasteiger partial charge >= 0.3 is 0 Å². The monoisotopic (exact) mass is 514 g/mol. The molecular formula is C29H26N2O5S. The number of carbonyl (C=O) groups excluding carboxylic acids is 2. The Balaban J connectivity index is 1.62. The predicted molar refractivity (Wildman–Crippen MR) is 144 cm³/mol. The van der Waals surface area contributed by atoms with Gasteiger partial charge < -0.3 is 10.1 Å². The van der Waals surface area contributed by atoms with Crippen molar-refractivity contribution in [1.82, 2.24) is 0 Å². The summed E-state index contributed by atoms with van der Waals surface area (Å²) < 4.78 is 34.1. The zero-order valence-corrected chi connectivity index (χ0v) is 21.2. The number of amides is 1. The first-order chi connectivity index (χ1) is 17.7. The molecule has 1 N–H and O–H groups in total. The van der Waals surface area contributed by atoms with Gasteiger partial charge in [0.15, 0.2) is 5.78 Å². The van der Waals surface area contributed by atoms with Gasteiger partial charge in [0, 0.05) is 11.3 Å². The minimum Gasteiger partial charge on any atom is -0.457 e. The van der Waals surface area contributed by atoms with Gasteiger partial charge in [-0.2, -0.15) is 0 Å². The van der Waals surface area contributed by atoms with Crippen molar-refractivity contribution < 1.29 is 22.7 Å². The quantitative estimate of drug-likeness (QED) is 0.284. The molecule has 0 aliphatic rings. The summed E-state index contributed by atoms with van der Waals surface area (Å²) in [5.74, 6) is 0.471. The highest BCUT2D eigenvalue weighted by Crippen LogP contribution is 2.28. The lowest BCUT2D eigenvalue weighted by atomic mass is 10.1. The summed E-state index contributed by atoms with van der Waals surface area (Å²) in [7, 11) is -4.07. The van der Waals surface area contributed by atoms with Crippen LogP contribution in [0.1, 0.15) is 22.8 Å². The number of aryl methyl sites for hydroxylation is 1. The molecule has 0 unspecified atom stereocenters. The van der Waals surface area contributed by atoms with E-state index in [-0.39, 0.29) is 10.7 Å². The number of Topliss-reactive ketones (excluding diaryl/α,β-unsaturated/α-hetero) is 1. The summed E-state index contributed by atoms with van der Waals surface area (Å²) in [4.78, 5) is 24.7. The Morgan fingerprint density at radius 3 is 2.11 bits per heavy atom. The van der Waals surface area contributed by atoms with Gasteiger partial charge in [0.2, 0.25) is 5.91 Å². The fraction of sp³-hybridized carbons (Fsp3) is 0.103. The molecule has 0 aliphatic heterocycles. The molecule has 0 radical (unpaired) electrons. The Labute approximate surface area is 216 Å². The molecule has 4 aromatic rings. The lowest BCUT2D eigenvalue weighted by Gasteiger charge is -2.24. The molecule has 0 spiro atoms. The first-order valence-electron chi connectivity index (χ1n) is 11.6. The molecule has 8 heteroatoms. The van der Waals surface area contributed by atoms with Crippen molar-refractivity contribution in [2.75, 3.05) is 16.2 Å². The van der Waals surface area contributed by atoms with Crippen LogP contribution in [0.25, 0.3) is 0 Å². The third-order valence-corrected chi connectivity index (χ3v) is 7.34. The van der Waals surface area contributed by atoms with Crippen LogP contribution in [0.15, 0.2) is 108 Å². The average Bonchev–Trinajstić information content (AvgIpc) is 2.89. The molecule has 37 heavy (non-hydrogen) atoms. The molecule has 1 amide bonds. The van der Waals surface area contributed by atoms with Gasteiger partial charge in [-0.25, -0.2) is 8.42 Å². The molecule has 0 bridgehead atoms. The lowest BCUT2D eigenvalue weighted by molar-refractivity contribution is -0.114. The molecule has 0 saturated carbocycles. The number of ether oxygens (including phenoxy) is 1. The molecule has 0 heterocycles. The predicted octanol–water partition coefficient (Wildman–Crippen LogP) is 5.82. The normalized spacial score (nSPS) is 11.0. The Bertz CT molecular complexity index is 1500. The Kier molecular flexibility index (Phi) is 7.69. The number of benzene rings is 4. The summed E-state index contributed by atoms with van der Waals surface area (Å²) in [6.07, 6.45) is 0. The number of hydrogen-bond acceptors (Lipinski definition) is 5. The molecule has 0 atom stereocenters. The van der Waals surface area contributed by atoms with E-state index in [1.54, 1.807) is 60.7 Å². The second kappa shape index (κ2) is 11.1. The average molecular weight is 515 g/mol. The fourth-order valence-corrected chi connectivity index (χ4v) is 5.03. The van der Waals surface area contributed by atoms with E-state index in [1.165, 1.54) is 19.1 Å². The smallest absolute Gasteiger partial charge is 0.264 e. The maximum absolute atomic E-state index is 13.6. The standard InChI is InChI=1S/C29H26N2O5S/c1-21-11-17-28(18-12-21)37(34,35)31(20-29(33)30-24-8-6-7-23(19-24)22(2)32)25-13-15-27(16-14-25)36-26-9-4-3-5-10-26/h3-19H,20H2,1-2H3,(H,30,33). The summed E-state index contributed by atoms with van der Waals surface area (Å²) in [5.41, 5.74) is 2.05. The van der Waals surface area contributed by atoms with Crippen LogP contribution in [-0.2, 0) is 14.8 Å². The highest BCUT2D eigenvalue weighted by atomic mass is 32.2. The zero-order chi connectivity index (χ0) is 26.4. The molecule has 0 saturated heterocycles. The van der Waals surface area contributed by atoms with Crippen LogP contribution in [0.3, 0.4) is 0 Å². The van der Waals surface area contributed by atoms with E-state index in [0.717, 1.165) is 9.87 Å².